The van der Waals surface area contributed by atoms with Gasteiger partial charge in [-0.05, 0) is 12.5 Å². The lowest BCUT2D eigenvalue weighted by Gasteiger charge is -2.10. The van der Waals surface area contributed by atoms with E-state index in [1.54, 1.807) is 6.92 Å². The van der Waals surface area contributed by atoms with Gasteiger partial charge in [-0.3, -0.25) is 14.9 Å². The minimum atomic E-state index is -0.699. The van der Waals surface area contributed by atoms with Crippen molar-refractivity contribution in [3.05, 3.63) is 33.1 Å². The Morgan fingerprint density at radius 2 is 2.44 bits per heavy atom. The van der Waals surface area contributed by atoms with Gasteiger partial charge in [0.15, 0.2) is 0 Å². The number of amides is 1. The average molecular weight is 268 g/mol. The molecule has 1 amide bonds. The van der Waals surface area contributed by atoms with E-state index in [0.717, 1.165) is 12.3 Å². The minimum Gasteiger partial charge on any atom is -0.338 e. The van der Waals surface area contributed by atoms with Crippen LogP contribution < -0.4 is 5.32 Å². The standard InChI is InChI=1S/C11H10ClN3O3/c1-3-7(4-2)14-11(16)8-5-10(12)13-6-9(8)15(17)18/h1,5-7H,4H2,2H3,(H,14,16). The number of carbonyl (C=O) groups is 1. The van der Waals surface area contributed by atoms with Gasteiger partial charge in [-0.25, -0.2) is 4.98 Å². The van der Waals surface area contributed by atoms with Gasteiger partial charge in [0.2, 0.25) is 0 Å². The van der Waals surface area contributed by atoms with Gasteiger partial charge >= 0.3 is 0 Å². The van der Waals surface area contributed by atoms with Gasteiger partial charge in [0.1, 0.15) is 16.9 Å². The molecule has 1 unspecified atom stereocenters. The van der Waals surface area contributed by atoms with Crippen LogP contribution >= 0.6 is 11.6 Å². The number of hydrogen-bond donors (Lipinski definition) is 1. The van der Waals surface area contributed by atoms with Gasteiger partial charge in [0, 0.05) is 0 Å². The molecule has 0 saturated heterocycles. The van der Waals surface area contributed by atoms with Crippen LogP contribution in [0.1, 0.15) is 23.7 Å². The predicted octanol–water partition coefficient (Wildman–Crippen LogP) is 1.78. The fourth-order valence-corrected chi connectivity index (χ4v) is 1.41. The summed E-state index contributed by atoms with van der Waals surface area (Å²) in [5.41, 5.74) is -0.572. The number of pyridine rings is 1. The smallest absolute Gasteiger partial charge is 0.300 e. The Bertz CT molecular complexity index is 525. The maximum atomic E-state index is 11.9. The number of nitrogens with zero attached hydrogens (tertiary/aromatic N) is 2. The Kier molecular flexibility index (Phi) is 4.63. The topological polar surface area (TPSA) is 85.1 Å². The van der Waals surface area contributed by atoms with Crippen molar-refractivity contribution in [2.24, 2.45) is 0 Å². The molecule has 1 atom stereocenters. The zero-order valence-electron chi connectivity index (χ0n) is 9.51. The van der Waals surface area contributed by atoms with Crippen LogP contribution in [0.3, 0.4) is 0 Å². The van der Waals surface area contributed by atoms with Crippen LogP contribution in [0.5, 0.6) is 0 Å². The Hall–Kier alpha value is -2.13. The lowest BCUT2D eigenvalue weighted by atomic mass is 10.2. The zero-order valence-corrected chi connectivity index (χ0v) is 10.3. The van der Waals surface area contributed by atoms with Crippen molar-refractivity contribution in [3.63, 3.8) is 0 Å². The van der Waals surface area contributed by atoms with Gasteiger partial charge in [0.05, 0.1) is 11.0 Å². The fourth-order valence-electron chi connectivity index (χ4n) is 1.25. The molecule has 0 radical (unpaired) electrons. The van der Waals surface area contributed by atoms with Crippen LogP contribution in [0.4, 0.5) is 5.69 Å². The van der Waals surface area contributed by atoms with Gasteiger partial charge < -0.3 is 5.32 Å². The number of carbonyl (C=O) groups excluding carboxylic acids is 1. The van der Waals surface area contributed by atoms with Crippen molar-refractivity contribution in [1.29, 1.82) is 0 Å². The molecule has 18 heavy (non-hydrogen) atoms. The van der Waals surface area contributed by atoms with Crippen molar-refractivity contribution in [2.75, 3.05) is 0 Å². The number of nitrogens with one attached hydrogen (secondary N) is 1. The normalized spacial score (nSPS) is 11.4. The summed E-state index contributed by atoms with van der Waals surface area (Å²) in [6.45, 7) is 1.79. The van der Waals surface area contributed by atoms with Gasteiger partial charge in [-0.15, -0.1) is 6.42 Å². The molecule has 0 aromatic carbocycles. The largest absolute Gasteiger partial charge is 0.338 e. The molecule has 94 valence electrons. The lowest BCUT2D eigenvalue weighted by molar-refractivity contribution is -0.385. The van der Waals surface area contributed by atoms with E-state index in [0.29, 0.717) is 6.42 Å². The van der Waals surface area contributed by atoms with Gasteiger partial charge in [0.25, 0.3) is 11.6 Å². The summed E-state index contributed by atoms with van der Waals surface area (Å²) < 4.78 is 0. The number of halogens is 1. The molecule has 0 saturated carbocycles. The molecule has 1 rings (SSSR count). The molecule has 0 aliphatic heterocycles. The van der Waals surface area contributed by atoms with Crippen LogP contribution in [-0.2, 0) is 0 Å². The highest BCUT2D eigenvalue weighted by Crippen LogP contribution is 2.20. The van der Waals surface area contributed by atoms with E-state index < -0.39 is 22.6 Å². The predicted molar refractivity (Wildman–Crippen MR) is 66.3 cm³/mol. The number of terminal acetylenes is 1. The van der Waals surface area contributed by atoms with E-state index in [2.05, 4.69) is 16.2 Å². The van der Waals surface area contributed by atoms with Gasteiger partial charge in [-0.1, -0.05) is 24.4 Å². The third-order valence-corrected chi connectivity index (χ3v) is 2.41. The van der Waals surface area contributed by atoms with E-state index in [1.165, 1.54) is 0 Å². The summed E-state index contributed by atoms with van der Waals surface area (Å²) in [6.07, 6.45) is 6.66. The van der Waals surface area contributed by atoms with E-state index in [-0.39, 0.29) is 10.7 Å². The van der Waals surface area contributed by atoms with Crippen LogP contribution in [0.15, 0.2) is 12.3 Å². The molecule has 0 fully saturated rings. The van der Waals surface area contributed by atoms with E-state index in [9.17, 15) is 14.9 Å². The molecular weight excluding hydrogens is 258 g/mol. The van der Waals surface area contributed by atoms with Crippen LogP contribution in [0.25, 0.3) is 0 Å². The first-order valence-electron chi connectivity index (χ1n) is 5.06. The molecular formula is C11H10ClN3O3. The molecule has 0 aliphatic carbocycles. The molecule has 0 aliphatic rings. The maximum Gasteiger partial charge on any atom is 0.300 e. The molecule has 1 aromatic rings. The Balaban J connectivity index is 3.08. The van der Waals surface area contributed by atoms with Crippen LogP contribution in [0, 0.1) is 22.5 Å². The minimum absolute atomic E-state index is 0.000457. The Morgan fingerprint density at radius 1 is 1.78 bits per heavy atom. The van der Waals surface area contributed by atoms with Crippen LogP contribution in [-0.4, -0.2) is 21.9 Å². The lowest BCUT2D eigenvalue weighted by Crippen LogP contribution is -2.33. The Labute approximate surface area is 109 Å². The first kappa shape index (κ1) is 13.9. The second-order valence-corrected chi connectivity index (χ2v) is 3.77. The quantitative estimate of drug-likeness (QED) is 0.390. The van der Waals surface area contributed by atoms with Crippen molar-refractivity contribution < 1.29 is 9.72 Å². The average Bonchev–Trinajstić information content (AvgIpc) is 2.35. The first-order valence-corrected chi connectivity index (χ1v) is 5.44. The summed E-state index contributed by atoms with van der Waals surface area (Å²) in [5.74, 6) is 1.72. The summed E-state index contributed by atoms with van der Waals surface area (Å²) in [7, 11) is 0. The third kappa shape index (κ3) is 3.18. The molecule has 1 aromatic heterocycles. The highest BCUT2D eigenvalue weighted by molar-refractivity contribution is 6.29. The summed E-state index contributed by atoms with van der Waals surface area (Å²) >= 11 is 5.62. The third-order valence-electron chi connectivity index (χ3n) is 2.21. The molecule has 7 heteroatoms. The molecule has 0 spiro atoms. The van der Waals surface area contributed by atoms with Gasteiger partial charge in [-0.2, -0.15) is 0 Å². The van der Waals surface area contributed by atoms with Crippen molar-refractivity contribution in [3.8, 4) is 12.3 Å². The number of rotatable bonds is 4. The van der Waals surface area contributed by atoms with Crippen molar-refractivity contribution in [1.82, 2.24) is 10.3 Å². The number of hydrogen-bond acceptors (Lipinski definition) is 4. The Morgan fingerprint density at radius 3 is 2.94 bits per heavy atom. The monoisotopic (exact) mass is 267 g/mol. The molecule has 1 N–H and O–H groups in total. The van der Waals surface area contributed by atoms with Crippen molar-refractivity contribution >= 4 is 23.2 Å². The molecule has 1 heterocycles. The van der Waals surface area contributed by atoms with Crippen LogP contribution in [0.2, 0.25) is 5.15 Å². The van der Waals surface area contributed by atoms with E-state index in [4.69, 9.17) is 18.0 Å². The fraction of sp³-hybridized carbons (Fsp3) is 0.273. The number of nitro groups is 1. The highest BCUT2D eigenvalue weighted by atomic mass is 35.5. The number of aromatic nitrogens is 1. The maximum absolute atomic E-state index is 11.9. The second-order valence-electron chi connectivity index (χ2n) is 3.38. The second kappa shape index (κ2) is 5.98. The molecule has 0 bridgehead atoms. The summed E-state index contributed by atoms with van der Waals surface area (Å²) in [6, 6.07) is 0.655. The highest BCUT2D eigenvalue weighted by Gasteiger charge is 2.22. The van der Waals surface area contributed by atoms with E-state index >= 15 is 0 Å². The zero-order chi connectivity index (χ0) is 13.7. The molecule has 6 nitrogen and oxygen atoms in total. The summed E-state index contributed by atoms with van der Waals surface area (Å²) in [5, 5.41) is 13.3. The van der Waals surface area contributed by atoms with E-state index in [1.807, 2.05) is 0 Å². The SMILES string of the molecule is C#CC(CC)NC(=O)c1cc(Cl)ncc1[N+](=O)[O-]. The van der Waals surface area contributed by atoms with Crippen molar-refractivity contribution in [2.45, 2.75) is 19.4 Å². The summed E-state index contributed by atoms with van der Waals surface area (Å²) in [4.78, 5) is 25.5. The first-order chi connectivity index (χ1) is 8.49.